The van der Waals surface area contributed by atoms with Gasteiger partial charge < -0.3 is 9.47 Å². The molecule has 5 rings (SSSR count). The van der Waals surface area contributed by atoms with Gasteiger partial charge in [0.1, 0.15) is 16.5 Å². The lowest BCUT2D eigenvalue weighted by Crippen LogP contribution is -2.37. The van der Waals surface area contributed by atoms with Crippen molar-refractivity contribution in [2.75, 3.05) is 31.1 Å². The molecule has 1 aromatic carbocycles. The van der Waals surface area contributed by atoms with E-state index in [9.17, 15) is 18.5 Å². The standard InChI is InChI=1S/C20H26N6O4S/c27-26(28)16-7-8-17(18(13-16)31(29,30)24-10-1-2-11-24)23-9-3-5-15(14-23)20-22-21-19-6-4-12-25(19)20/h7-8,13,15H,1-6,9-12,14H2. The van der Waals surface area contributed by atoms with Gasteiger partial charge in [-0.2, -0.15) is 4.31 Å². The number of anilines is 1. The van der Waals surface area contributed by atoms with Crippen LogP contribution in [0.4, 0.5) is 11.4 Å². The zero-order valence-corrected chi connectivity index (χ0v) is 18.1. The van der Waals surface area contributed by atoms with Crippen LogP contribution in [0.3, 0.4) is 0 Å². The van der Waals surface area contributed by atoms with Crippen LogP contribution in [-0.2, 0) is 23.0 Å². The highest BCUT2D eigenvalue weighted by molar-refractivity contribution is 7.89. The van der Waals surface area contributed by atoms with Crippen molar-refractivity contribution in [1.29, 1.82) is 0 Å². The fourth-order valence-electron chi connectivity index (χ4n) is 5.03. The maximum Gasteiger partial charge on any atom is 0.270 e. The van der Waals surface area contributed by atoms with Crippen molar-refractivity contribution in [3.8, 4) is 0 Å². The van der Waals surface area contributed by atoms with Crippen molar-refractivity contribution in [2.24, 2.45) is 0 Å². The average Bonchev–Trinajstić information content (AvgIpc) is 3.51. The SMILES string of the molecule is O=[N+]([O-])c1ccc(N2CCCC(c3nnc4n3CCC4)C2)c(S(=O)(=O)N2CCCC2)c1. The van der Waals surface area contributed by atoms with Gasteiger partial charge in [-0.25, -0.2) is 8.42 Å². The molecule has 0 N–H and O–H groups in total. The summed E-state index contributed by atoms with van der Waals surface area (Å²) < 4.78 is 30.4. The van der Waals surface area contributed by atoms with E-state index in [1.165, 1.54) is 16.4 Å². The third-order valence-corrected chi connectivity index (χ3v) is 8.53. The number of hydrogen-bond donors (Lipinski definition) is 0. The van der Waals surface area contributed by atoms with Gasteiger partial charge in [0.05, 0.1) is 10.6 Å². The molecule has 0 saturated carbocycles. The summed E-state index contributed by atoms with van der Waals surface area (Å²) in [4.78, 5) is 12.9. The first-order valence-electron chi connectivity index (χ1n) is 10.9. The fourth-order valence-corrected chi connectivity index (χ4v) is 6.78. The Bertz CT molecular complexity index is 1110. The minimum Gasteiger partial charge on any atom is -0.370 e. The number of nitro groups is 1. The van der Waals surface area contributed by atoms with Crippen LogP contribution in [0, 0.1) is 10.1 Å². The van der Waals surface area contributed by atoms with Crippen molar-refractivity contribution in [1.82, 2.24) is 19.1 Å². The Labute approximate surface area is 181 Å². The number of fused-ring (bicyclic) bond motifs is 1. The molecular weight excluding hydrogens is 420 g/mol. The predicted molar refractivity (Wildman–Crippen MR) is 114 cm³/mol. The Kier molecular flexibility index (Phi) is 5.17. The first-order valence-corrected chi connectivity index (χ1v) is 12.3. The van der Waals surface area contributed by atoms with Gasteiger partial charge in [0, 0.05) is 57.2 Å². The highest BCUT2D eigenvalue weighted by atomic mass is 32.2. The molecule has 1 unspecified atom stereocenters. The smallest absolute Gasteiger partial charge is 0.270 e. The Balaban J connectivity index is 1.50. The van der Waals surface area contributed by atoms with Gasteiger partial charge in [-0.15, -0.1) is 10.2 Å². The van der Waals surface area contributed by atoms with Crippen LogP contribution in [0.25, 0.3) is 0 Å². The number of aryl methyl sites for hydroxylation is 1. The fraction of sp³-hybridized carbons (Fsp3) is 0.600. The zero-order chi connectivity index (χ0) is 21.6. The van der Waals surface area contributed by atoms with E-state index in [-0.39, 0.29) is 16.5 Å². The number of nitrogens with zero attached hydrogens (tertiary/aromatic N) is 6. The summed E-state index contributed by atoms with van der Waals surface area (Å²) in [5.74, 6) is 2.16. The van der Waals surface area contributed by atoms with E-state index in [1.54, 1.807) is 6.07 Å². The highest BCUT2D eigenvalue weighted by Gasteiger charge is 2.35. The Morgan fingerprint density at radius 1 is 1.03 bits per heavy atom. The number of piperidine rings is 1. The van der Waals surface area contributed by atoms with E-state index in [1.807, 2.05) is 0 Å². The summed E-state index contributed by atoms with van der Waals surface area (Å²) in [5, 5.41) is 20.1. The van der Waals surface area contributed by atoms with E-state index in [4.69, 9.17) is 0 Å². The Hall–Kier alpha value is -2.53. The quantitative estimate of drug-likeness (QED) is 0.511. The second-order valence-electron chi connectivity index (χ2n) is 8.54. The molecule has 1 aromatic heterocycles. The molecular formula is C20H26N6O4S. The van der Waals surface area contributed by atoms with Crippen LogP contribution in [0.2, 0.25) is 0 Å². The van der Waals surface area contributed by atoms with Crippen LogP contribution in [0.5, 0.6) is 0 Å². The summed E-state index contributed by atoms with van der Waals surface area (Å²) in [6, 6.07) is 4.22. The van der Waals surface area contributed by atoms with Crippen LogP contribution < -0.4 is 4.90 Å². The van der Waals surface area contributed by atoms with Gasteiger partial charge in [-0.1, -0.05) is 0 Å². The van der Waals surface area contributed by atoms with Gasteiger partial charge in [0.15, 0.2) is 0 Å². The molecule has 166 valence electrons. The molecule has 2 saturated heterocycles. The third kappa shape index (κ3) is 3.59. The molecule has 11 heteroatoms. The van der Waals surface area contributed by atoms with Crippen molar-refractivity contribution >= 4 is 21.4 Å². The molecule has 2 fully saturated rings. The van der Waals surface area contributed by atoms with Gasteiger partial charge in [0.2, 0.25) is 10.0 Å². The van der Waals surface area contributed by atoms with E-state index in [0.29, 0.717) is 31.9 Å². The Morgan fingerprint density at radius 3 is 2.61 bits per heavy atom. The molecule has 0 amide bonds. The Morgan fingerprint density at radius 2 is 1.84 bits per heavy atom. The average molecular weight is 447 g/mol. The molecule has 0 spiro atoms. The summed E-state index contributed by atoms with van der Waals surface area (Å²) in [5.41, 5.74) is 0.341. The van der Waals surface area contributed by atoms with E-state index in [2.05, 4.69) is 19.7 Å². The van der Waals surface area contributed by atoms with Crippen LogP contribution in [0.15, 0.2) is 23.1 Å². The van der Waals surface area contributed by atoms with Crippen LogP contribution >= 0.6 is 0 Å². The number of benzene rings is 1. The lowest BCUT2D eigenvalue weighted by Gasteiger charge is -2.35. The third-order valence-electron chi connectivity index (χ3n) is 6.60. The number of aromatic nitrogens is 3. The summed E-state index contributed by atoms with van der Waals surface area (Å²) in [7, 11) is -3.80. The molecule has 31 heavy (non-hydrogen) atoms. The molecule has 10 nitrogen and oxygen atoms in total. The number of sulfonamides is 1. The van der Waals surface area contributed by atoms with Crippen LogP contribution in [0.1, 0.15) is 49.7 Å². The number of nitro benzene ring substituents is 1. The maximum atomic E-state index is 13.4. The summed E-state index contributed by atoms with van der Waals surface area (Å²) in [6.45, 7) is 3.18. The number of non-ortho nitro benzene ring substituents is 1. The first-order chi connectivity index (χ1) is 14.9. The molecule has 1 atom stereocenters. The molecule has 4 heterocycles. The lowest BCUT2D eigenvalue weighted by atomic mass is 9.96. The molecule has 3 aliphatic heterocycles. The second kappa shape index (κ2) is 7.86. The summed E-state index contributed by atoms with van der Waals surface area (Å²) >= 11 is 0. The van der Waals surface area contributed by atoms with E-state index >= 15 is 0 Å². The van der Waals surface area contributed by atoms with Gasteiger partial charge in [-0.05, 0) is 38.2 Å². The van der Waals surface area contributed by atoms with Gasteiger partial charge >= 0.3 is 0 Å². The monoisotopic (exact) mass is 446 g/mol. The van der Waals surface area contributed by atoms with Crippen molar-refractivity contribution in [2.45, 2.75) is 55.9 Å². The number of rotatable bonds is 5. The van der Waals surface area contributed by atoms with Gasteiger partial charge in [0.25, 0.3) is 5.69 Å². The first kappa shape index (κ1) is 20.4. The van der Waals surface area contributed by atoms with E-state index in [0.717, 1.165) is 56.7 Å². The normalized spacial score (nSPS) is 22.1. The molecule has 3 aliphatic rings. The van der Waals surface area contributed by atoms with Crippen LogP contribution in [-0.4, -0.2) is 58.6 Å². The van der Waals surface area contributed by atoms with Crippen molar-refractivity contribution in [3.63, 3.8) is 0 Å². The minimum absolute atomic E-state index is 0.0377. The largest absolute Gasteiger partial charge is 0.370 e. The van der Waals surface area contributed by atoms with Crippen molar-refractivity contribution < 1.29 is 13.3 Å². The minimum atomic E-state index is -3.80. The summed E-state index contributed by atoms with van der Waals surface area (Å²) in [6.07, 6.45) is 5.52. The predicted octanol–water partition coefficient (Wildman–Crippen LogP) is 2.30. The topological polar surface area (TPSA) is 114 Å². The lowest BCUT2D eigenvalue weighted by molar-refractivity contribution is -0.385. The van der Waals surface area contributed by atoms with Crippen molar-refractivity contribution in [3.05, 3.63) is 40.0 Å². The second-order valence-corrected chi connectivity index (χ2v) is 10.4. The number of hydrogen-bond acceptors (Lipinski definition) is 7. The molecule has 0 radical (unpaired) electrons. The molecule has 0 bridgehead atoms. The zero-order valence-electron chi connectivity index (χ0n) is 17.3. The highest BCUT2D eigenvalue weighted by Crippen LogP contribution is 2.37. The molecule has 2 aromatic rings. The maximum absolute atomic E-state index is 13.4. The molecule has 0 aliphatic carbocycles. The van der Waals surface area contributed by atoms with E-state index < -0.39 is 14.9 Å². The van der Waals surface area contributed by atoms with Gasteiger partial charge in [-0.3, -0.25) is 10.1 Å².